The van der Waals surface area contributed by atoms with Gasteiger partial charge in [-0.25, -0.2) is 0 Å². The van der Waals surface area contributed by atoms with Gasteiger partial charge in [0.2, 0.25) is 5.91 Å². The Labute approximate surface area is 122 Å². The van der Waals surface area contributed by atoms with Crippen LogP contribution in [0.5, 0.6) is 0 Å². The van der Waals surface area contributed by atoms with Gasteiger partial charge in [0.05, 0.1) is 0 Å². The van der Waals surface area contributed by atoms with Crippen LogP contribution in [-0.2, 0) is 4.79 Å². The number of furan rings is 1. The summed E-state index contributed by atoms with van der Waals surface area (Å²) < 4.78 is 5.85. The number of para-hydroxylation sites is 1. The molecule has 21 heavy (non-hydrogen) atoms. The number of nitrogens with zero attached hydrogens (tertiary/aromatic N) is 1. The summed E-state index contributed by atoms with van der Waals surface area (Å²) in [5.41, 5.74) is 1.64. The van der Waals surface area contributed by atoms with Crippen molar-refractivity contribution in [2.75, 3.05) is 0 Å². The van der Waals surface area contributed by atoms with Crippen molar-refractivity contribution < 1.29 is 9.21 Å². The van der Waals surface area contributed by atoms with Crippen LogP contribution in [0.1, 0.15) is 17.4 Å². The maximum absolute atomic E-state index is 11.7. The molecule has 0 saturated heterocycles. The molecule has 0 aliphatic carbocycles. The minimum Gasteiger partial charge on any atom is -0.459 e. The summed E-state index contributed by atoms with van der Waals surface area (Å²) in [6, 6.07) is 13.0. The number of carbonyl (C=O) groups is 1. The summed E-state index contributed by atoms with van der Waals surface area (Å²) in [4.78, 5) is 15.8. The summed E-state index contributed by atoms with van der Waals surface area (Å²) >= 11 is 0. The van der Waals surface area contributed by atoms with Crippen LogP contribution in [0.3, 0.4) is 0 Å². The van der Waals surface area contributed by atoms with Crippen LogP contribution in [0.15, 0.2) is 71.9 Å². The Balaban J connectivity index is 2.05. The van der Waals surface area contributed by atoms with E-state index in [2.05, 4.69) is 16.9 Å². The van der Waals surface area contributed by atoms with E-state index in [1.54, 1.807) is 12.4 Å². The summed E-state index contributed by atoms with van der Waals surface area (Å²) in [6.07, 6.45) is 4.64. The van der Waals surface area contributed by atoms with Crippen molar-refractivity contribution in [3.63, 3.8) is 0 Å². The molecule has 1 aromatic carbocycles. The molecule has 0 saturated carbocycles. The Morgan fingerprint density at radius 2 is 2.14 bits per heavy atom. The molecule has 2 aromatic heterocycles. The van der Waals surface area contributed by atoms with Gasteiger partial charge in [0.25, 0.3) is 0 Å². The minimum absolute atomic E-state index is 0.260. The van der Waals surface area contributed by atoms with E-state index >= 15 is 0 Å². The van der Waals surface area contributed by atoms with Crippen LogP contribution in [0.25, 0.3) is 11.0 Å². The largest absolute Gasteiger partial charge is 0.459 e. The molecule has 1 atom stereocenters. The van der Waals surface area contributed by atoms with Gasteiger partial charge in [-0.1, -0.05) is 30.8 Å². The van der Waals surface area contributed by atoms with Crippen LogP contribution < -0.4 is 5.32 Å². The van der Waals surface area contributed by atoms with Crippen molar-refractivity contribution in [2.45, 2.75) is 6.04 Å². The van der Waals surface area contributed by atoms with Crippen molar-refractivity contribution >= 4 is 16.9 Å². The summed E-state index contributed by atoms with van der Waals surface area (Å²) in [6.45, 7) is 3.49. The molecule has 0 bridgehead atoms. The second kappa shape index (κ2) is 5.63. The zero-order valence-electron chi connectivity index (χ0n) is 11.3. The Morgan fingerprint density at radius 1 is 1.29 bits per heavy atom. The lowest BCUT2D eigenvalue weighted by atomic mass is 10.1. The quantitative estimate of drug-likeness (QED) is 0.745. The molecule has 0 unspecified atom stereocenters. The fourth-order valence-electron chi connectivity index (χ4n) is 2.21. The first kappa shape index (κ1) is 13.1. The Hall–Kier alpha value is -2.88. The van der Waals surface area contributed by atoms with Crippen LogP contribution >= 0.6 is 0 Å². The highest BCUT2D eigenvalue weighted by Gasteiger charge is 2.20. The molecule has 104 valence electrons. The monoisotopic (exact) mass is 278 g/mol. The second-order valence-corrected chi connectivity index (χ2v) is 4.62. The van der Waals surface area contributed by atoms with E-state index in [0.717, 1.165) is 16.5 Å². The molecule has 4 nitrogen and oxygen atoms in total. The number of hydrogen-bond acceptors (Lipinski definition) is 3. The van der Waals surface area contributed by atoms with E-state index in [4.69, 9.17) is 4.42 Å². The molecular formula is C17H14N2O2. The molecule has 1 amide bonds. The molecule has 0 aliphatic heterocycles. The van der Waals surface area contributed by atoms with E-state index in [0.29, 0.717) is 5.76 Å². The molecule has 0 radical (unpaired) electrons. The van der Waals surface area contributed by atoms with E-state index < -0.39 is 6.04 Å². The first-order valence-corrected chi connectivity index (χ1v) is 6.59. The Kier molecular flexibility index (Phi) is 3.51. The lowest BCUT2D eigenvalue weighted by Crippen LogP contribution is -2.27. The van der Waals surface area contributed by atoms with Gasteiger partial charge >= 0.3 is 0 Å². The maximum Gasteiger partial charge on any atom is 0.244 e. The first-order chi connectivity index (χ1) is 10.3. The summed E-state index contributed by atoms with van der Waals surface area (Å²) in [5, 5.41) is 3.86. The van der Waals surface area contributed by atoms with Gasteiger partial charge < -0.3 is 9.73 Å². The normalized spacial score (nSPS) is 12.0. The molecule has 0 spiro atoms. The first-order valence-electron chi connectivity index (χ1n) is 6.59. The number of fused-ring (bicyclic) bond motifs is 1. The topological polar surface area (TPSA) is 55.1 Å². The number of amides is 1. The molecule has 0 aliphatic rings. The van der Waals surface area contributed by atoms with Crippen LogP contribution in [0.4, 0.5) is 0 Å². The van der Waals surface area contributed by atoms with Crippen LogP contribution in [0.2, 0.25) is 0 Å². The van der Waals surface area contributed by atoms with Crippen molar-refractivity contribution in [3.8, 4) is 0 Å². The van der Waals surface area contributed by atoms with Gasteiger partial charge in [0, 0.05) is 23.3 Å². The maximum atomic E-state index is 11.7. The van der Waals surface area contributed by atoms with E-state index in [-0.39, 0.29) is 5.91 Å². The van der Waals surface area contributed by atoms with Gasteiger partial charge in [0.1, 0.15) is 17.4 Å². The van der Waals surface area contributed by atoms with Crippen LogP contribution in [-0.4, -0.2) is 10.9 Å². The standard InChI is InChI=1S/C17H14N2O2/c1-2-16(20)19-17(13-7-5-9-18-11-13)15-10-12-6-3-4-8-14(12)21-15/h2-11,17H,1H2,(H,19,20)/t17-/m1/s1. The number of pyridine rings is 1. The number of aromatic nitrogens is 1. The fourth-order valence-corrected chi connectivity index (χ4v) is 2.21. The molecule has 3 aromatic rings. The number of benzene rings is 1. The lowest BCUT2D eigenvalue weighted by Gasteiger charge is -2.15. The average molecular weight is 278 g/mol. The minimum atomic E-state index is -0.392. The third-order valence-corrected chi connectivity index (χ3v) is 3.22. The van der Waals surface area contributed by atoms with Gasteiger partial charge in [-0.2, -0.15) is 0 Å². The van der Waals surface area contributed by atoms with E-state index in [9.17, 15) is 4.79 Å². The second-order valence-electron chi connectivity index (χ2n) is 4.62. The smallest absolute Gasteiger partial charge is 0.244 e. The van der Waals surface area contributed by atoms with Crippen molar-refractivity contribution in [1.29, 1.82) is 0 Å². The fraction of sp³-hybridized carbons (Fsp3) is 0.0588. The summed E-state index contributed by atoms with van der Waals surface area (Å²) in [7, 11) is 0. The van der Waals surface area contributed by atoms with E-state index in [1.165, 1.54) is 6.08 Å². The highest BCUT2D eigenvalue weighted by molar-refractivity contribution is 5.87. The molecule has 0 fully saturated rings. The van der Waals surface area contributed by atoms with E-state index in [1.807, 2.05) is 42.5 Å². The Morgan fingerprint density at radius 3 is 2.86 bits per heavy atom. The van der Waals surface area contributed by atoms with Gasteiger partial charge in [-0.3, -0.25) is 9.78 Å². The van der Waals surface area contributed by atoms with Gasteiger partial charge in [-0.15, -0.1) is 0 Å². The molecule has 1 N–H and O–H groups in total. The molecule has 4 heteroatoms. The average Bonchev–Trinajstić information content (AvgIpc) is 2.96. The zero-order valence-corrected chi connectivity index (χ0v) is 11.3. The van der Waals surface area contributed by atoms with Crippen molar-refractivity contribution in [1.82, 2.24) is 10.3 Å². The van der Waals surface area contributed by atoms with Gasteiger partial charge in [-0.05, 0) is 24.3 Å². The predicted molar refractivity (Wildman–Crippen MR) is 80.6 cm³/mol. The predicted octanol–water partition coefficient (Wildman–Crippen LogP) is 3.22. The highest BCUT2D eigenvalue weighted by atomic mass is 16.3. The molecule has 2 heterocycles. The number of hydrogen-bond donors (Lipinski definition) is 1. The van der Waals surface area contributed by atoms with Crippen molar-refractivity contribution in [2.24, 2.45) is 0 Å². The number of rotatable bonds is 4. The lowest BCUT2D eigenvalue weighted by molar-refractivity contribution is -0.117. The zero-order chi connectivity index (χ0) is 14.7. The summed E-state index contributed by atoms with van der Waals surface area (Å²) in [5.74, 6) is 0.406. The van der Waals surface area contributed by atoms with Crippen molar-refractivity contribution in [3.05, 3.63) is 78.8 Å². The SMILES string of the molecule is C=CC(=O)N[C@H](c1cccnc1)c1cc2ccccc2o1. The third-order valence-electron chi connectivity index (χ3n) is 3.22. The third kappa shape index (κ3) is 2.69. The number of nitrogens with one attached hydrogen (secondary N) is 1. The molecular weight excluding hydrogens is 264 g/mol. The molecule has 3 rings (SSSR count). The Bertz CT molecular complexity index is 745. The highest BCUT2D eigenvalue weighted by Crippen LogP contribution is 2.27. The van der Waals surface area contributed by atoms with Gasteiger partial charge in [0.15, 0.2) is 0 Å². The van der Waals surface area contributed by atoms with Crippen LogP contribution in [0, 0.1) is 0 Å². The number of carbonyl (C=O) groups excluding carboxylic acids is 1.